The summed E-state index contributed by atoms with van der Waals surface area (Å²) in [6.07, 6.45) is 1.35. The van der Waals surface area contributed by atoms with Crippen LogP contribution in [0.25, 0.3) is 10.2 Å². The van der Waals surface area contributed by atoms with Crippen molar-refractivity contribution in [1.29, 1.82) is 0 Å². The summed E-state index contributed by atoms with van der Waals surface area (Å²) in [4.78, 5) is 32.2. The van der Waals surface area contributed by atoms with Gasteiger partial charge in [-0.1, -0.05) is 29.5 Å². The molecule has 154 valence electrons. The summed E-state index contributed by atoms with van der Waals surface area (Å²) in [6, 6.07) is 14.0. The molecule has 0 radical (unpaired) electrons. The lowest BCUT2D eigenvalue weighted by atomic mass is 9.95. The number of aryl methyl sites for hydroxylation is 1. The number of phenolic OH excluding ortho intramolecular Hbond substituents is 1. The number of carbonyl (C=O) groups excluding carboxylic acids is 2. The quantitative estimate of drug-likeness (QED) is 0.454. The topological polar surface area (TPSA) is 104 Å². The third-order valence-electron chi connectivity index (χ3n) is 5.15. The molecule has 4 aromatic rings. The van der Waals surface area contributed by atoms with Crippen LogP contribution in [0.5, 0.6) is 5.75 Å². The molecule has 0 saturated heterocycles. The first kappa shape index (κ1) is 19.1. The molecule has 0 unspecified atom stereocenters. The van der Waals surface area contributed by atoms with Gasteiger partial charge in [0.05, 0.1) is 28.1 Å². The molecule has 8 heteroatoms. The maximum atomic E-state index is 13.2. The number of aliphatic hydroxyl groups is 1. The Morgan fingerprint density at radius 1 is 1.13 bits per heavy atom. The maximum absolute atomic E-state index is 13.2. The number of benzene rings is 2. The van der Waals surface area contributed by atoms with Crippen LogP contribution in [0.15, 0.2) is 76.6 Å². The lowest BCUT2D eigenvalue weighted by molar-refractivity contribution is -0.117. The minimum Gasteiger partial charge on any atom is -0.508 e. The van der Waals surface area contributed by atoms with Crippen molar-refractivity contribution in [2.45, 2.75) is 13.0 Å². The minimum absolute atomic E-state index is 0.0138. The van der Waals surface area contributed by atoms with Crippen molar-refractivity contribution >= 4 is 38.4 Å². The number of amides is 1. The van der Waals surface area contributed by atoms with Gasteiger partial charge in [-0.3, -0.25) is 14.5 Å². The summed E-state index contributed by atoms with van der Waals surface area (Å²) in [5.41, 5.74) is 2.22. The molecule has 0 bridgehead atoms. The number of nitrogens with zero attached hydrogens (tertiary/aromatic N) is 2. The molecule has 2 aromatic heterocycles. The van der Waals surface area contributed by atoms with Gasteiger partial charge in [-0.25, -0.2) is 4.98 Å². The first-order chi connectivity index (χ1) is 14.9. The van der Waals surface area contributed by atoms with E-state index in [1.807, 2.05) is 25.1 Å². The van der Waals surface area contributed by atoms with Crippen LogP contribution in [0, 0.1) is 6.92 Å². The highest BCUT2D eigenvalue weighted by Gasteiger charge is 2.46. The normalized spacial score (nSPS) is 16.5. The number of anilines is 1. The number of fused-ring (bicyclic) bond motifs is 1. The lowest BCUT2D eigenvalue weighted by Gasteiger charge is -2.24. The second-order valence-electron chi connectivity index (χ2n) is 7.21. The fourth-order valence-corrected chi connectivity index (χ4v) is 4.76. The molecule has 2 N–H and O–H groups in total. The van der Waals surface area contributed by atoms with E-state index in [1.54, 1.807) is 18.2 Å². The van der Waals surface area contributed by atoms with Crippen molar-refractivity contribution in [2.24, 2.45) is 0 Å². The molecule has 3 heterocycles. The van der Waals surface area contributed by atoms with Gasteiger partial charge in [0.15, 0.2) is 16.7 Å². The monoisotopic (exact) mass is 432 g/mol. The molecule has 1 amide bonds. The first-order valence-corrected chi connectivity index (χ1v) is 10.3. The van der Waals surface area contributed by atoms with Gasteiger partial charge in [-0.15, -0.1) is 0 Å². The Bertz CT molecular complexity index is 1350. The van der Waals surface area contributed by atoms with Crippen LogP contribution < -0.4 is 4.90 Å². The fraction of sp³-hybridized carbons (Fsp3) is 0.0870. The largest absolute Gasteiger partial charge is 0.508 e. The number of carbonyl (C=O) groups is 2. The second kappa shape index (κ2) is 7.10. The van der Waals surface area contributed by atoms with Crippen LogP contribution in [0.1, 0.15) is 27.7 Å². The van der Waals surface area contributed by atoms with E-state index in [2.05, 4.69) is 4.98 Å². The predicted molar refractivity (Wildman–Crippen MR) is 115 cm³/mol. The summed E-state index contributed by atoms with van der Waals surface area (Å²) >= 11 is 1.30. The van der Waals surface area contributed by atoms with E-state index in [0.717, 1.165) is 10.3 Å². The number of aromatic hydroxyl groups is 1. The number of hydrogen-bond donors (Lipinski definition) is 2. The number of ketones is 1. The zero-order chi connectivity index (χ0) is 21.7. The van der Waals surface area contributed by atoms with Crippen molar-refractivity contribution in [2.75, 3.05) is 4.90 Å². The van der Waals surface area contributed by atoms with Crippen LogP contribution in [0.2, 0.25) is 0 Å². The molecule has 0 saturated carbocycles. The summed E-state index contributed by atoms with van der Waals surface area (Å²) in [5.74, 6) is -1.89. The van der Waals surface area contributed by atoms with E-state index in [1.165, 1.54) is 40.7 Å². The average Bonchev–Trinajstić information content (AvgIpc) is 3.47. The van der Waals surface area contributed by atoms with E-state index < -0.39 is 23.5 Å². The van der Waals surface area contributed by atoms with E-state index >= 15 is 0 Å². The first-order valence-electron chi connectivity index (χ1n) is 9.45. The molecule has 1 aliphatic heterocycles. The van der Waals surface area contributed by atoms with Crippen molar-refractivity contribution in [1.82, 2.24) is 4.98 Å². The highest BCUT2D eigenvalue weighted by Crippen LogP contribution is 2.44. The van der Waals surface area contributed by atoms with Crippen LogP contribution in [-0.2, 0) is 4.79 Å². The zero-order valence-electron chi connectivity index (χ0n) is 16.3. The minimum atomic E-state index is -0.924. The molecule has 2 aromatic carbocycles. The lowest BCUT2D eigenvalue weighted by Crippen LogP contribution is -2.30. The van der Waals surface area contributed by atoms with E-state index in [4.69, 9.17) is 4.42 Å². The molecule has 0 fully saturated rings. The summed E-state index contributed by atoms with van der Waals surface area (Å²) < 4.78 is 6.11. The Labute approximate surface area is 180 Å². The van der Waals surface area contributed by atoms with Crippen LogP contribution in [0.4, 0.5) is 5.13 Å². The third-order valence-corrected chi connectivity index (χ3v) is 6.16. The number of Topliss-reactive ketones (excluding diaryl/α,β-unsaturated/α-hetero) is 1. The number of phenols is 1. The zero-order valence-corrected chi connectivity index (χ0v) is 17.1. The van der Waals surface area contributed by atoms with Gasteiger partial charge in [-0.2, -0.15) is 0 Å². The number of rotatable bonds is 4. The molecule has 31 heavy (non-hydrogen) atoms. The van der Waals surface area contributed by atoms with Crippen molar-refractivity contribution in [3.63, 3.8) is 0 Å². The number of aliphatic hydroxyl groups excluding tert-OH is 1. The SMILES string of the molecule is Cc1ccc2nc(N3C(=O)C(O)=C(C(=O)c4ccco4)[C@H]3c3ccc(O)cc3)sc2c1. The van der Waals surface area contributed by atoms with Crippen LogP contribution in [0.3, 0.4) is 0 Å². The molecule has 7 nitrogen and oxygen atoms in total. The number of aromatic nitrogens is 1. The summed E-state index contributed by atoms with van der Waals surface area (Å²) in [6.45, 7) is 1.96. The highest BCUT2D eigenvalue weighted by molar-refractivity contribution is 7.22. The maximum Gasteiger partial charge on any atom is 0.296 e. The Balaban J connectivity index is 1.68. The highest BCUT2D eigenvalue weighted by atomic mass is 32.1. The standard InChI is InChI=1S/C23H16N2O5S/c1-12-4-9-15-17(11-12)31-23(24-15)25-19(13-5-7-14(26)8-6-13)18(21(28)22(25)29)20(27)16-3-2-10-30-16/h2-11,19,26,28H,1H3/t19-/m1/s1. The Hall–Kier alpha value is -3.91. The van der Waals surface area contributed by atoms with Crippen molar-refractivity contribution < 1.29 is 24.2 Å². The molecule has 1 aliphatic rings. The molecular weight excluding hydrogens is 416 g/mol. The van der Waals surface area contributed by atoms with Crippen molar-refractivity contribution in [3.8, 4) is 5.75 Å². The molecule has 0 spiro atoms. The van der Waals surface area contributed by atoms with Gasteiger partial charge in [0.1, 0.15) is 5.75 Å². The van der Waals surface area contributed by atoms with E-state index in [0.29, 0.717) is 16.2 Å². The number of thiazole rings is 1. The summed E-state index contributed by atoms with van der Waals surface area (Å²) in [5, 5.41) is 20.8. The molecule has 5 rings (SSSR count). The van der Waals surface area contributed by atoms with Gasteiger partial charge in [0.2, 0.25) is 5.78 Å². The second-order valence-corrected chi connectivity index (χ2v) is 8.21. The van der Waals surface area contributed by atoms with Gasteiger partial charge in [-0.05, 0) is 54.4 Å². The molecule has 0 aliphatic carbocycles. The molecule has 1 atom stereocenters. The van der Waals surface area contributed by atoms with E-state index in [-0.39, 0.29) is 17.1 Å². The van der Waals surface area contributed by atoms with E-state index in [9.17, 15) is 19.8 Å². The van der Waals surface area contributed by atoms with Gasteiger partial charge in [0, 0.05) is 0 Å². The van der Waals surface area contributed by atoms with Crippen LogP contribution in [-0.4, -0.2) is 26.9 Å². The Kier molecular flexibility index (Phi) is 4.37. The summed E-state index contributed by atoms with van der Waals surface area (Å²) in [7, 11) is 0. The third kappa shape index (κ3) is 3.08. The Morgan fingerprint density at radius 3 is 2.61 bits per heavy atom. The van der Waals surface area contributed by atoms with Gasteiger partial charge < -0.3 is 14.6 Å². The smallest absolute Gasteiger partial charge is 0.296 e. The predicted octanol–water partition coefficient (Wildman–Crippen LogP) is 4.69. The van der Waals surface area contributed by atoms with Gasteiger partial charge >= 0.3 is 0 Å². The fourth-order valence-electron chi connectivity index (χ4n) is 3.67. The number of hydrogen-bond acceptors (Lipinski definition) is 7. The van der Waals surface area contributed by atoms with Crippen molar-refractivity contribution in [3.05, 3.63) is 89.1 Å². The Morgan fingerprint density at radius 2 is 1.90 bits per heavy atom. The molecular formula is C23H16N2O5S. The number of furan rings is 1. The average molecular weight is 432 g/mol. The van der Waals surface area contributed by atoms with Gasteiger partial charge in [0.25, 0.3) is 5.91 Å². The van der Waals surface area contributed by atoms with Crippen LogP contribution >= 0.6 is 11.3 Å².